The molecule has 0 amide bonds. The first-order valence-corrected chi connectivity index (χ1v) is 10.9. The Morgan fingerprint density at radius 3 is 2.46 bits per heavy atom. The molecule has 8 heteroatoms. The molecule has 144 valence electrons. The highest BCUT2D eigenvalue weighted by Crippen LogP contribution is 2.22. The number of hydrogen-bond donors (Lipinski definition) is 1. The van der Waals surface area contributed by atoms with Crippen LogP contribution in [0, 0.1) is 0 Å². The van der Waals surface area contributed by atoms with Crippen molar-refractivity contribution in [3.8, 4) is 5.75 Å². The highest BCUT2D eigenvalue weighted by Gasteiger charge is 2.12. The molecule has 0 aliphatic carbocycles. The Morgan fingerprint density at radius 2 is 1.75 bits per heavy atom. The molecular weight excluding hydrogens is 464 g/mol. The monoisotopic (exact) mass is 478 g/mol. The van der Waals surface area contributed by atoms with Crippen LogP contribution < -0.4 is 9.57 Å². The molecule has 0 fully saturated rings. The molecule has 0 aromatic heterocycles. The lowest BCUT2D eigenvalue weighted by Crippen LogP contribution is -2.18. The van der Waals surface area contributed by atoms with Gasteiger partial charge in [0, 0.05) is 15.1 Å². The number of halogens is 2. The van der Waals surface area contributed by atoms with Gasteiger partial charge in [-0.3, -0.25) is 0 Å². The molecule has 5 nitrogen and oxygen atoms in total. The number of benzene rings is 3. The topological polar surface area (TPSA) is 67.8 Å². The van der Waals surface area contributed by atoms with E-state index >= 15 is 0 Å². The summed E-state index contributed by atoms with van der Waals surface area (Å²) in [6.07, 6.45) is 1.41. The van der Waals surface area contributed by atoms with Gasteiger partial charge in [0.05, 0.1) is 11.1 Å². The molecule has 0 aliphatic heterocycles. The smallest absolute Gasteiger partial charge is 0.276 e. The average Bonchev–Trinajstić information content (AvgIpc) is 2.69. The van der Waals surface area contributed by atoms with Crippen LogP contribution in [0.3, 0.4) is 0 Å². The first kappa shape index (κ1) is 20.4. The van der Waals surface area contributed by atoms with Gasteiger partial charge >= 0.3 is 0 Å². The van der Waals surface area contributed by atoms with Gasteiger partial charge in [0.15, 0.2) is 0 Å². The molecule has 0 heterocycles. The van der Waals surface area contributed by atoms with Crippen molar-refractivity contribution in [3.05, 3.63) is 93.4 Å². The summed E-state index contributed by atoms with van der Waals surface area (Å²) in [6, 6.07) is 21.0. The fourth-order valence-electron chi connectivity index (χ4n) is 2.28. The van der Waals surface area contributed by atoms with Crippen LogP contribution in [0.15, 0.2) is 87.3 Å². The van der Waals surface area contributed by atoms with Crippen molar-refractivity contribution in [3.63, 3.8) is 0 Å². The lowest BCUT2D eigenvalue weighted by atomic mass is 10.2. The second kappa shape index (κ2) is 9.23. The van der Waals surface area contributed by atoms with Crippen LogP contribution in [0.2, 0.25) is 5.02 Å². The van der Waals surface area contributed by atoms with Crippen LogP contribution in [-0.2, 0) is 16.6 Å². The van der Waals surface area contributed by atoms with E-state index in [0.29, 0.717) is 22.9 Å². The van der Waals surface area contributed by atoms with Gasteiger partial charge in [0.2, 0.25) is 0 Å². The lowest BCUT2D eigenvalue weighted by molar-refractivity contribution is 0.306. The van der Waals surface area contributed by atoms with E-state index in [1.807, 2.05) is 42.5 Å². The fraction of sp³-hybridized carbons (Fsp3) is 0.0500. The predicted octanol–water partition coefficient (Wildman–Crippen LogP) is 4.99. The minimum Gasteiger partial charge on any atom is -0.489 e. The van der Waals surface area contributed by atoms with Gasteiger partial charge in [-0.25, -0.2) is 4.83 Å². The Bertz CT molecular complexity index is 1070. The van der Waals surface area contributed by atoms with Crippen molar-refractivity contribution in [1.29, 1.82) is 0 Å². The van der Waals surface area contributed by atoms with E-state index in [0.717, 1.165) is 10.0 Å². The standard InChI is InChI=1S/C20H16BrClN2O3S/c21-20-11-8-18(27-14-15-4-2-1-3-5-15)12-16(20)13-23-24-28(25,26)19-9-6-17(22)7-10-19/h1-13,24H,14H2/b23-13-. The Labute approximate surface area is 177 Å². The second-order valence-corrected chi connectivity index (χ2v) is 8.72. The number of nitrogens with one attached hydrogen (secondary N) is 1. The fourth-order valence-corrected chi connectivity index (χ4v) is 3.55. The third kappa shape index (κ3) is 5.58. The van der Waals surface area contributed by atoms with E-state index in [4.69, 9.17) is 16.3 Å². The maximum absolute atomic E-state index is 12.2. The van der Waals surface area contributed by atoms with Crippen LogP contribution >= 0.6 is 27.5 Å². The van der Waals surface area contributed by atoms with Crippen molar-refractivity contribution < 1.29 is 13.2 Å². The average molecular weight is 480 g/mol. The zero-order valence-electron chi connectivity index (χ0n) is 14.5. The van der Waals surface area contributed by atoms with Crippen molar-refractivity contribution in [2.24, 2.45) is 5.10 Å². The molecule has 1 N–H and O–H groups in total. The Kier molecular flexibility index (Phi) is 6.72. The normalized spacial score (nSPS) is 11.5. The minimum absolute atomic E-state index is 0.0769. The van der Waals surface area contributed by atoms with Gasteiger partial charge in [0.25, 0.3) is 10.0 Å². The van der Waals surface area contributed by atoms with Gasteiger partial charge in [-0.05, 0) is 48.0 Å². The van der Waals surface area contributed by atoms with Crippen LogP contribution in [-0.4, -0.2) is 14.6 Å². The number of hydrazone groups is 1. The minimum atomic E-state index is -3.77. The van der Waals surface area contributed by atoms with Crippen LogP contribution in [0.5, 0.6) is 5.75 Å². The summed E-state index contributed by atoms with van der Waals surface area (Å²) >= 11 is 9.20. The molecule has 0 atom stereocenters. The Hall–Kier alpha value is -2.35. The summed E-state index contributed by atoms with van der Waals surface area (Å²) in [5, 5.41) is 4.31. The molecule has 3 rings (SSSR count). The summed E-state index contributed by atoms with van der Waals surface area (Å²) in [4.78, 5) is 2.26. The Morgan fingerprint density at radius 1 is 1.04 bits per heavy atom. The van der Waals surface area contributed by atoms with Gasteiger partial charge in [-0.1, -0.05) is 57.9 Å². The zero-order valence-corrected chi connectivity index (χ0v) is 17.7. The molecule has 0 saturated heterocycles. The largest absolute Gasteiger partial charge is 0.489 e. The van der Waals surface area contributed by atoms with Crippen LogP contribution in [0.25, 0.3) is 0 Å². The molecule has 3 aromatic carbocycles. The van der Waals surface area contributed by atoms with Gasteiger partial charge in [-0.15, -0.1) is 0 Å². The highest BCUT2D eigenvalue weighted by atomic mass is 79.9. The number of ether oxygens (including phenoxy) is 1. The quantitative estimate of drug-likeness (QED) is 0.383. The van der Waals surface area contributed by atoms with E-state index in [-0.39, 0.29) is 4.90 Å². The van der Waals surface area contributed by atoms with E-state index in [9.17, 15) is 8.42 Å². The third-order valence-corrected chi connectivity index (χ3v) is 5.93. The number of hydrogen-bond acceptors (Lipinski definition) is 4. The zero-order chi connectivity index (χ0) is 20.0. The first-order chi connectivity index (χ1) is 13.4. The number of nitrogens with zero attached hydrogens (tertiary/aromatic N) is 1. The third-order valence-electron chi connectivity index (χ3n) is 3.72. The summed E-state index contributed by atoms with van der Waals surface area (Å²) in [7, 11) is -3.77. The molecule has 3 aromatic rings. The van der Waals surface area contributed by atoms with Crippen molar-refractivity contribution in [2.75, 3.05) is 0 Å². The van der Waals surface area contributed by atoms with Crippen molar-refractivity contribution in [1.82, 2.24) is 4.83 Å². The summed E-state index contributed by atoms with van der Waals surface area (Å²) in [5.74, 6) is 0.647. The molecule has 0 bridgehead atoms. The van der Waals surface area contributed by atoms with Crippen molar-refractivity contribution >= 4 is 43.8 Å². The van der Waals surface area contributed by atoms with Crippen LogP contribution in [0.4, 0.5) is 0 Å². The molecular formula is C20H16BrClN2O3S. The van der Waals surface area contributed by atoms with E-state index < -0.39 is 10.0 Å². The number of sulfonamides is 1. The SMILES string of the molecule is O=S(=O)(N/N=C\c1cc(OCc2ccccc2)ccc1Br)c1ccc(Cl)cc1. The molecule has 0 spiro atoms. The first-order valence-electron chi connectivity index (χ1n) is 8.21. The molecule has 28 heavy (non-hydrogen) atoms. The molecule has 0 radical (unpaired) electrons. The number of rotatable bonds is 7. The van der Waals surface area contributed by atoms with Gasteiger partial charge in [0.1, 0.15) is 12.4 Å². The van der Waals surface area contributed by atoms with Gasteiger partial charge in [-0.2, -0.15) is 13.5 Å². The summed E-state index contributed by atoms with van der Waals surface area (Å²) < 4.78 is 31.0. The summed E-state index contributed by atoms with van der Waals surface area (Å²) in [5.41, 5.74) is 1.72. The van der Waals surface area contributed by atoms with E-state index in [1.165, 1.54) is 30.5 Å². The maximum atomic E-state index is 12.2. The lowest BCUT2D eigenvalue weighted by Gasteiger charge is -2.08. The van der Waals surface area contributed by atoms with E-state index in [2.05, 4.69) is 25.9 Å². The Balaban J connectivity index is 1.68. The van der Waals surface area contributed by atoms with Crippen molar-refractivity contribution in [2.45, 2.75) is 11.5 Å². The second-order valence-electron chi connectivity index (χ2n) is 5.76. The van der Waals surface area contributed by atoms with Gasteiger partial charge < -0.3 is 4.74 Å². The summed E-state index contributed by atoms with van der Waals surface area (Å²) in [6.45, 7) is 0.433. The molecule has 0 aliphatic rings. The predicted molar refractivity (Wildman–Crippen MR) is 114 cm³/mol. The van der Waals surface area contributed by atoms with E-state index in [1.54, 1.807) is 6.07 Å². The molecule has 0 unspecified atom stereocenters. The van der Waals surface area contributed by atoms with Crippen LogP contribution in [0.1, 0.15) is 11.1 Å². The maximum Gasteiger partial charge on any atom is 0.276 e. The molecule has 0 saturated carbocycles. The highest BCUT2D eigenvalue weighted by molar-refractivity contribution is 9.10.